The number of halogens is 1. The summed E-state index contributed by atoms with van der Waals surface area (Å²) >= 11 is 7.69. The van der Waals surface area contributed by atoms with Crippen molar-refractivity contribution in [2.24, 2.45) is 0 Å². The highest BCUT2D eigenvalue weighted by Crippen LogP contribution is 2.35. The van der Waals surface area contributed by atoms with Crippen LogP contribution < -0.4 is 4.74 Å². The van der Waals surface area contributed by atoms with Gasteiger partial charge in [0, 0.05) is 15.2 Å². The van der Waals surface area contributed by atoms with Gasteiger partial charge in [-0.05, 0) is 48.9 Å². The largest absolute Gasteiger partial charge is 0.497 e. The molecular weight excluding hydrogens is 264 g/mol. The topological polar surface area (TPSA) is 9.23 Å². The molecule has 3 heteroatoms. The molecule has 0 aliphatic rings. The molecule has 0 bridgehead atoms. The van der Waals surface area contributed by atoms with Crippen molar-refractivity contribution in [1.29, 1.82) is 0 Å². The molecule has 0 N–H and O–H groups in total. The van der Waals surface area contributed by atoms with Gasteiger partial charge >= 0.3 is 0 Å². The SMILES string of the molecule is COc1ccc(C(C)Sc2ccc(Cl)cc2)cc1. The van der Waals surface area contributed by atoms with Crippen LogP contribution in [0.15, 0.2) is 53.4 Å². The van der Waals surface area contributed by atoms with Gasteiger partial charge in [-0.1, -0.05) is 23.7 Å². The predicted octanol–water partition coefficient (Wildman–Crippen LogP) is 5.20. The highest BCUT2D eigenvalue weighted by Gasteiger charge is 2.07. The number of hydrogen-bond donors (Lipinski definition) is 0. The van der Waals surface area contributed by atoms with Gasteiger partial charge in [-0.15, -0.1) is 11.8 Å². The lowest BCUT2D eigenvalue weighted by molar-refractivity contribution is 0.414. The highest BCUT2D eigenvalue weighted by molar-refractivity contribution is 7.99. The second-order valence-electron chi connectivity index (χ2n) is 3.99. The second-order valence-corrected chi connectivity index (χ2v) is 5.84. The summed E-state index contributed by atoms with van der Waals surface area (Å²) in [5, 5.41) is 1.17. The Labute approximate surface area is 117 Å². The Morgan fingerprint density at radius 2 is 1.61 bits per heavy atom. The van der Waals surface area contributed by atoms with Crippen LogP contribution in [-0.4, -0.2) is 7.11 Å². The van der Waals surface area contributed by atoms with Crippen LogP contribution in [0.2, 0.25) is 5.02 Å². The predicted molar refractivity (Wildman–Crippen MR) is 78.7 cm³/mol. The van der Waals surface area contributed by atoms with E-state index in [2.05, 4.69) is 19.1 Å². The Balaban J connectivity index is 2.06. The molecule has 0 amide bonds. The van der Waals surface area contributed by atoms with Crippen molar-refractivity contribution < 1.29 is 4.74 Å². The molecule has 1 unspecified atom stereocenters. The summed E-state index contributed by atoms with van der Waals surface area (Å²) in [6, 6.07) is 16.1. The minimum Gasteiger partial charge on any atom is -0.497 e. The van der Waals surface area contributed by atoms with Gasteiger partial charge in [0.1, 0.15) is 5.75 Å². The van der Waals surface area contributed by atoms with E-state index >= 15 is 0 Å². The zero-order valence-electron chi connectivity index (χ0n) is 10.4. The second kappa shape index (κ2) is 6.17. The first-order valence-electron chi connectivity index (χ1n) is 5.75. The molecule has 18 heavy (non-hydrogen) atoms. The number of rotatable bonds is 4. The molecule has 2 aromatic carbocycles. The Morgan fingerprint density at radius 1 is 1.00 bits per heavy atom. The molecule has 94 valence electrons. The van der Waals surface area contributed by atoms with Gasteiger partial charge in [0.15, 0.2) is 0 Å². The van der Waals surface area contributed by atoms with Crippen molar-refractivity contribution in [2.75, 3.05) is 7.11 Å². The van der Waals surface area contributed by atoms with Crippen LogP contribution in [0.5, 0.6) is 5.75 Å². The van der Waals surface area contributed by atoms with E-state index in [4.69, 9.17) is 16.3 Å². The molecule has 0 aliphatic carbocycles. The number of hydrogen-bond acceptors (Lipinski definition) is 2. The standard InChI is InChI=1S/C15H15ClOS/c1-11(12-3-7-14(17-2)8-4-12)18-15-9-5-13(16)6-10-15/h3-11H,1-2H3. The molecule has 0 fully saturated rings. The zero-order chi connectivity index (χ0) is 13.0. The summed E-state index contributed by atoms with van der Waals surface area (Å²) < 4.78 is 5.16. The fraction of sp³-hybridized carbons (Fsp3) is 0.200. The Kier molecular flexibility index (Phi) is 4.56. The van der Waals surface area contributed by atoms with E-state index in [0.717, 1.165) is 10.8 Å². The molecule has 1 nitrogen and oxygen atoms in total. The maximum Gasteiger partial charge on any atom is 0.118 e. The van der Waals surface area contributed by atoms with Crippen molar-refractivity contribution in [3.05, 3.63) is 59.1 Å². The monoisotopic (exact) mass is 278 g/mol. The van der Waals surface area contributed by atoms with E-state index in [1.54, 1.807) is 7.11 Å². The van der Waals surface area contributed by atoms with E-state index < -0.39 is 0 Å². The van der Waals surface area contributed by atoms with E-state index in [0.29, 0.717) is 5.25 Å². The quantitative estimate of drug-likeness (QED) is 0.711. The van der Waals surface area contributed by atoms with Gasteiger partial charge in [-0.2, -0.15) is 0 Å². The third kappa shape index (κ3) is 3.44. The molecule has 0 spiro atoms. The number of benzene rings is 2. The van der Waals surface area contributed by atoms with Crippen LogP contribution in [0.25, 0.3) is 0 Å². The summed E-state index contributed by atoms with van der Waals surface area (Å²) in [7, 11) is 1.68. The van der Waals surface area contributed by atoms with Gasteiger partial charge in [0.05, 0.1) is 7.11 Å². The average molecular weight is 279 g/mol. The maximum atomic E-state index is 5.88. The van der Waals surface area contributed by atoms with Gasteiger partial charge in [-0.25, -0.2) is 0 Å². The molecule has 1 atom stereocenters. The maximum absolute atomic E-state index is 5.88. The lowest BCUT2D eigenvalue weighted by atomic mass is 10.2. The fourth-order valence-electron chi connectivity index (χ4n) is 1.66. The van der Waals surface area contributed by atoms with Crippen molar-refractivity contribution >= 4 is 23.4 Å². The van der Waals surface area contributed by atoms with Crippen LogP contribution in [-0.2, 0) is 0 Å². The van der Waals surface area contributed by atoms with Gasteiger partial charge in [0.2, 0.25) is 0 Å². The summed E-state index contributed by atoms with van der Waals surface area (Å²) in [6.07, 6.45) is 0. The van der Waals surface area contributed by atoms with Gasteiger partial charge in [-0.3, -0.25) is 0 Å². The van der Waals surface area contributed by atoms with Crippen molar-refractivity contribution in [3.63, 3.8) is 0 Å². The summed E-state index contributed by atoms with van der Waals surface area (Å²) in [5.41, 5.74) is 1.29. The van der Waals surface area contributed by atoms with E-state index in [1.165, 1.54) is 10.5 Å². The first-order chi connectivity index (χ1) is 8.69. The zero-order valence-corrected chi connectivity index (χ0v) is 12.0. The number of thioether (sulfide) groups is 1. The molecule has 0 saturated heterocycles. The van der Waals surface area contributed by atoms with E-state index in [9.17, 15) is 0 Å². The molecule has 0 aromatic heterocycles. The third-order valence-electron chi connectivity index (χ3n) is 2.71. The first-order valence-corrected chi connectivity index (χ1v) is 7.01. The Morgan fingerprint density at radius 3 is 2.17 bits per heavy atom. The molecular formula is C15H15ClOS. The van der Waals surface area contributed by atoms with E-state index in [-0.39, 0.29) is 0 Å². The number of ether oxygens (including phenoxy) is 1. The molecule has 2 rings (SSSR count). The number of methoxy groups -OCH3 is 1. The fourth-order valence-corrected chi connectivity index (χ4v) is 2.78. The minimum absolute atomic E-state index is 0.400. The summed E-state index contributed by atoms with van der Waals surface area (Å²) in [6.45, 7) is 2.20. The average Bonchev–Trinajstić information content (AvgIpc) is 2.41. The van der Waals surface area contributed by atoms with Crippen LogP contribution in [0.4, 0.5) is 0 Å². The van der Waals surface area contributed by atoms with Crippen LogP contribution >= 0.6 is 23.4 Å². The third-order valence-corrected chi connectivity index (χ3v) is 4.13. The van der Waals surface area contributed by atoms with Crippen LogP contribution in [0, 0.1) is 0 Å². The van der Waals surface area contributed by atoms with Crippen molar-refractivity contribution in [1.82, 2.24) is 0 Å². The smallest absolute Gasteiger partial charge is 0.118 e. The first kappa shape index (κ1) is 13.3. The van der Waals surface area contributed by atoms with E-state index in [1.807, 2.05) is 48.2 Å². The Hall–Kier alpha value is -1.12. The minimum atomic E-state index is 0.400. The highest BCUT2D eigenvalue weighted by atomic mass is 35.5. The molecule has 0 radical (unpaired) electrons. The molecule has 2 aromatic rings. The van der Waals surface area contributed by atoms with Crippen molar-refractivity contribution in [2.45, 2.75) is 17.1 Å². The Bertz CT molecular complexity index is 493. The summed E-state index contributed by atoms with van der Waals surface area (Å²) in [5.74, 6) is 0.891. The van der Waals surface area contributed by atoms with Crippen LogP contribution in [0.3, 0.4) is 0 Å². The summed E-state index contributed by atoms with van der Waals surface area (Å²) in [4.78, 5) is 1.22. The lowest BCUT2D eigenvalue weighted by Crippen LogP contribution is -1.89. The lowest BCUT2D eigenvalue weighted by Gasteiger charge is -2.12. The normalized spacial score (nSPS) is 12.2. The van der Waals surface area contributed by atoms with Gasteiger partial charge in [0.25, 0.3) is 0 Å². The van der Waals surface area contributed by atoms with Gasteiger partial charge < -0.3 is 4.74 Å². The molecule has 0 saturated carbocycles. The molecule has 0 aliphatic heterocycles. The van der Waals surface area contributed by atoms with Crippen molar-refractivity contribution in [3.8, 4) is 5.75 Å². The van der Waals surface area contributed by atoms with Crippen LogP contribution in [0.1, 0.15) is 17.7 Å². The molecule has 0 heterocycles.